The fraction of sp³-hybridized carbons (Fsp3) is 0.588. The molecule has 24 heavy (non-hydrogen) atoms. The molecule has 0 fully saturated rings. The van der Waals surface area contributed by atoms with Crippen molar-refractivity contribution in [2.24, 2.45) is 0 Å². The van der Waals surface area contributed by atoms with Crippen molar-refractivity contribution in [1.82, 2.24) is 4.72 Å². The average molecular weight is 435 g/mol. The number of rotatable bonds is 6. The number of nitrogens with zero attached hydrogens (tertiary/aromatic N) is 1. The van der Waals surface area contributed by atoms with E-state index in [1.807, 2.05) is 41.5 Å². The molecule has 7 heteroatoms. The van der Waals surface area contributed by atoms with Gasteiger partial charge in [-0.25, -0.2) is 13.3 Å². The molecule has 3 nitrogen and oxygen atoms in total. The first-order valence-electron chi connectivity index (χ1n) is 7.51. The fourth-order valence-corrected chi connectivity index (χ4v) is 4.09. The molecule has 1 rings (SSSR count). The first-order valence-corrected chi connectivity index (χ1v) is 10.4. The highest BCUT2D eigenvalue weighted by Gasteiger charge is 2.36. The van der Waals surface area contributed by atoms with Crippen LogP contribution >= 0.6 is 27.7 Å². The van der Waals surface area contributed by atoms with Gasteiger partial charge in [0.25, 0.3) is 0 Å². The maximum Gasteiger partial charge on any atom is 0.128 e. The van der Waals surface area contributed by atoms with Crippen molar-refractivity contribution < 1.29 is 8.60 Å². The molecule has 0 aliphatic carbocycles. The maximum absolute atomic E-state index is 14.5. The summed E-state index contributed by atoms with van der Waals surface area (Å²) in [6, 6.07) is 6.95. The zero-order chi connectivity index (χ0) is 18.8. The highest BCUT2D eigenvalue weighted by atomic mass is 79.9. The van der Waals surface area contributed by atoms with E-state index in [2.05, 4.69) is 26.7 Å². The number of halogens is 2. The van der Waals surface area contributed by atoms with Crippen LogP contribution in [0.4, 0.5) is 4.39 Å². The summed E-state index contributed by atoms with van der Waals surface area (Å²) in [6.45, 7) is 11.0. The van der Waals surface area contributed by atoms with Crippen LogP contribution in [-0.2, 0) is 16.5 Å². The predicted molar refractivity (Wildman–Crippen MR) is 105 cm³/mol. The normalized spacial score (nSPS) is 16.3. The van der Waals surface area contributed by atoms with Gasteiger partial charge < -0.3 is 0 Å². The van der Waals surface area contributed by atoms with E-state index in [1.54, 1.807) is 12.1 Å². The molecule has 0 saturated carbocycles. The Labute approximate surface area is 159 Å². The van der Waals surface area contributed by atoms with Gasteiger partial charge in [-0.2, -0.15) is 5.26 Å². The number of benzene rings is 1. The zero-order valence-corrected chi connectivity index (χ0v) is 18.1. The minimum Gasteiger partial charge on any atom is -0.242 e. The number of hydrogen-bond acceptors (Lipinski definition) is 3. The van der Waals surface area contributed by atoms with E-state index in [-0.39, 0.29) is 5.82 Å². The van der Waals surface area contributed by atoms with E-state index < -0.39 is 26.0 Å². The summed E-state index contributed by atoms with van der Waals surface area (Å²) in [5.41, 5.74) is -0.458. The van der Waals surface area contributed by atoms with Crippen LogP contribution in [0.1, 0.15) is 47.1 Å². The predicted octanol–water partition coefficient (Wildman–Crippen LogP) is 4.89. The summed E-state index contributed by atoms with van der Waals surface area (Å²) in [5, 5.41) is 9.24. The third-order valence-corrected chi connectivity index (χ3v) is 7.16. The molecule has 0 aliphatic heterocycles. The largest absolute Gasteiger partial charge is 0.242 e. The van der Waals surface area contributed by atoms with Crippen LogP contribution in [0.15, 0.2) is 22.7 Å². The zero-order valence-electron chi connectivity index (χ0n) is 14.9. The summed E-state index contributed by atoms with van der Waals surface area (Å²) < 4.78 is 29.9. The van der Waals surface area contributed by atoms with Gasteiger partial charge in [-0.3, -0.25) is 0 Å². The molecule has 2 atom stereocenters. The Bertz CT molecular complexity index is 668. The Kier molecular flexibility index (Phi) is 7.08. The minimum absolute atomic E-state index is 0.366. The number of nitrogens with one attached hydrogen (secondary N) is 1. The van der Waals surface area contributed by atoms with Crippen molar-refractivity contribution in [2.45, 2.75) is 56.6 Å². The van der Waals surface area contributed by atoms with Gasteiger partial charge in [0.1, 0.15) is 5.82 Å². The molecular formula is C17H24BrFN2OS2. The van der Waals surface area contributed by atoms with Gasteiger partial charge in [-0.1, -0.05) is 15.9 Å². The maximum atomic E-state index is 14.5. The van der Waals surface area contributed by atoms with Gasteiger partial charge >= 0.3 is 0 Å². The first kappa shape index (κ1) is 21.6. The molecule has 0 unspecified atom stereocenters. The van der Waals surface area contributed by atoms with Gasteiger partial charge in [-0.15, -0.1) is 11.8 Å². The average Bonchev–Trinajstić information content (AvgIpc) is 2.47. The van der Waals surface area contributed by atoms with Gasteiger partial charge in [0.2, 0.25) is 0 Å². The SMILES string of the molecule is CC(C)(C#N)SC[C@](C)(N[S@](=O)C(C)(C)C)c1cc(Br)ccc1F. The van der Waals surface area contributed by atoms with Crippen LogP contribution in [0, 0.1) is 17.1 Å². The summed E-state index contributed by atoms with van der Waals surface area (Å²) in [4.78, 5) is 0. The van der Waals surface area contributed by atoms with Gasteiger partial charge in [-0.05, 0) is 59.7 Å². The molecular weight excluding hydrogens is 411 g/mol. The summed E-state index contributed by atoms with van der Waals surface area (Å²) in [5.74, 6) is 0.0393. The Hall–Kier alpha value is -0.420. The third-order valence-electron chi connectivity index (χ3n) is 3.39. The molecule has 0 spiro atoms. The number of thioether (sulfide) groups is 1. The number of hydrogen-bond donors (Lipinski definition) is 1. The number of nitriles is 1. The standard InChI is InChI=1S/C17H24BrFN2OS2/c1-15(2,3)24(22)21-17(6,11-23-16(4,5)10-20)13-9-12(18)7-8-14(13)19/h7-9,21H,11H2,1-6H3/t17-,24+/m0/s1. The second-order valence-electron chi connectivity index (χ2n) is 7.35. The monoisotopic (exact) mass is 434 g/mol. The molecule has 0 bridgehead atoms. The smallest absolute Gasteiger partial charge is 0.128 e. The van der Waals surface area contributed by atoms with Gasteiger partial charge in [0.05, 0.1) is 32.1 Å². The van der Waals surface area contributed by atoms with E-state index in [9.17, 15) is 13.9 Å². The quantitative estimate of drug-likeness (QED) is 0.692. The molecule has 0 aromatic heterocycles. The Morgan fingerprint density at radius 1 is 1.29 bits per heavy atom. The third kappa shape index (κ3) is 5.83. The van der Waals surface area contributed by atoms with Crippen LogP contribution in [0.25, 0.3) is 0 Å². The van der Waals surface area contributed by atoms with Crippen LogP contribution in [0.2, 0.25) is 0 Å². The lowest BCUT2D eigenvalue weighted by atomic mass is 9.95. The highest BCUT2D eigenvalue weighted by Crippen LogP contribution is 2.35. The fourth-order valence-electron chi connectivity index (χ4n) is 1.80. The summed E-state index contributed by atoms with van der Waals surface area (Å²) in [6.07, 6.45) is 0. The van der Waals surface area contributed by atoms with Crippen molar-refractivity contribution >= 4 is 38.7 Å². The van der Waals surface area contributed by atoms with E-state index in [0.717, 1.165) is 4.47 Å². The lowest BCUT2D eigenvalue weighted by Crippen LogP contribution is -2.48. The van der Waals surface area contributed by atoms with E-state index in [4.69, 9.17) is 0 Å². The van der Waals surface area contributed by atoms with Gasteiger partial charge in [0.15, 0.2) is 0 Å². The molecule has 0 heterocycles. The van der Waals surface area contributed by atoms with Crippen molar-refractivity contribution in [3.05, 3.63) is 34.1 Å². The summed E-state index contributed by atoms with van der Waals surface area (Å²) in [7, 11) is -1.38. The van der Waals surface area contributed by atoms with Gasteiger partial charge in [0, 0.05) is 15.8 Å². The second-order valence-corrected chi connectivity index (χ2v) is 11.8. The van der Waals surface area contributed by atoms with Crippen LogP contribution in [0.3, 0.4) is 0 Å². The van der Waals surface area contributed by atoms with Crippen molar-refractivity contribution in [3.8, 4) is 6.07 Å². The first-order chi connectivity index (χ1) is 10.8. The van der Waals surface area contributed by atoms with E-state index in [0.29, 0.717) is 11.3 Å². The minimum atomic E-state index is -1.38. The Balaban J connectivity index is 3.28. The molecule has 0 saturated heterocycles. The lowest BCUT2D eigenvalue weighted by Gasteiger charge is -2.35. The lowest BCUT2D eigenvalue weighted by molar-refractivity contribution is 0.463. The molecule has 0 aliphatic rings. The van der Waals surface area contributed by atoms with E-state index >= 15 is 0 Å². The second kappa shape index (κ2) is 7.86. The topological polar surface area (TPSA) is 52.9 Å². The van der Waals surface area contributed by atoms with Crippen LogP contribution in [-0.4, -0.2) is 19.5 Å². The Morgan fingerprint density at radius 2 is 1.88 bits per heavy atom. The van der Waals surface area contributed by atoms with Crippen LogP contribution < -0.4 is 4.72 Å². The molecule has 134 valence electrons. The van der Waals surface area contributed by atoms with Crippen LogP contribution in [0.5, 0.6) is 0 Å². The Morgan fingerprint density at radius 3 is 2.38 bits per heavy atom. The molecule has 1 N–H and O–H groups in total. The highest BCUT2D eigenvalue weighted by molar-refractivity contribution is 9.10. The molecule has 0 radical (unpaired) electrons. The van der Waals surface area contributed by atoms with Crippen molar-refractivity contribution in [2.75, 3.05) is 5.75 Å². The molecule has 0 amide bonds. The van der Waals surface area contributed by atoms with Crippen molar-refractivity contribution in [3.63, 3.8) is 0 Å². The molecule has 1 aromatic rings. The van der Waals surface area contributed by atoms with E-state index in [1.165, 1.54) is 17.8 Å². The van der Waals surface area contributed by atoms with Crippen molar-refractivity contribution in [1.29, 1.82) is 5.26 Å². The molecule has 1 aromatic carbocycles. The summed E-state index contributed by atoms with van der Waals surface area (Å²) >= 11 is 4.78.